The van der Waals surface area contributed by atoms with Gasteiger partial charge >= 0.3 is 5.97 Å². The lowest BCUT2D eigenvalue weighted by molar-refractivity contribution is -0.146. The van der Waals surface area contributed by atoms with Gasteiger partial charge in [-0.1, -0.05) is 6.42 Å². The van der Waals surface area contributed by atoms with Crippen molar-refractivity contribution >= 4 is 11.8 Å². The maximum atomic E-state index is 11.4. The van der Waals surface area contributed by atoms with Gasteiger partial charge in [-0.25, -0.2) is 0 Å². The summed E-state index contributed by atoms with van der Waals surface area (Å²) in [6.07, 6.45) is 3.81. The molecule has 2 N–H and O–H groups in total. The second-order valence-corrected chi connectivity index (χ2v) is 4.03. The average molecular weight is 213 g/mol. The highest BCUT2D eigenvalue weighted by Gasteiger charge is 2.28. The van der Waals surface area contributed by atoms with Crippen LogP contribution in [0.1, 0.15) is 39.0 Å². The monoisotopic (exact) mass is 213 g/mol. The lowest BCUT2D eigenvalue weighted by Gasteiger charge is -2.19. The third-order valence-electron chi connectivity index (χ3n) is 2.84. The molecule has 0 aromatic rings. The van der Waals surface area contributed by atoms with Crippen molar-refractivity contribution < 1.29 is 14.3 Å². The van der Waals surface area contributed by atoms with Crippen molar-refractivity contribution in [2.45, 2.75) is 45.1 Å². The zero-order chi connectivity index (χ0) is 11.3. The third-order valence-corrected chi connectivity index (χ3v) is 2.84. The molecule has 1 rings (SSSR count). The number of Topliss-reactive ketones (excluding diaryl/α,β-unsaturated/α-hetero) is 1. The van der Waals surface area contributed by atoms with E-state index in [0.717, 1.165) is 19.3 Å². The van der Waals surface area contributed by atoms with Crippen LogP contribution in [-0.2, 0) is 14.3 Å². The summed E-state index contributed by atoms with van der Waals surface area (Å²) < 4.78 is 4.86. The molecule has 2 atom stereocenters. The predicted octanol–water partition coefficient (Wildman–Crippen LogP) is 1.03. The first-order valence-corrected chi connectivity index (χ1v) is 5.59. The van der Waals surface area contributed by atoms with Gasteiger partial charge in [0, 0.05) is 12.8 Å². The largest absolute Gasteiger partial charge is 0.465 e. The van der Waals surface area contributed by atoms with Gasteiger partial charge in [-0.05, 0) is 25.7 Å². The second kappa shape index (κ2) is 5.85. The highest BCUT2D eigenvalue weighted by molar-refractivity contribution is 5.81. The molecule has 0 saturated heterocycles. The number of hydrogen-bond donors (Lipinski definition) is 1. The maximum Gasteiger partial charge on any atom is 0.323 e. The second-order valence-electron chi connectivity index (χ2n) is 4.03. The first kappa shape index (κ1) is 12.2. The molecule has 0 spiro atoms. The molecule has 4 nitrogen and oxygen atoms in total. The minimum atomic E-state index is -0.632. The van der Waals surface area contributed by atoms with Gasteiger partial charge in [0.1, 0.15) is 11.8 Å². The van der Waals surface area contributed by atoms with Crippen LogP contribution in [0, 0.1) is 5.92 Å². The number of ether oxygens (including phenoxy) is 1. The van der Waals surface area contributed by atoms with Crippen molar-refractivity contribution in [2.24, 2.45) is 11.7 Å². The van der Waals surface area contributed by atoms with Gasteiger partial charge in [0.2, 0.25) is 0 Å². The van der Waals surface area contributed by atoms with Gasteiger partial charge in [0.05, 0.1) is 6.61 Å². The smallest absolute Gasteiger partial charge is 0.323 e. The maximum absolute atomic E-state index is 11.4. The van der Waals surface area contributed by atoms with E-state index in [2.05, 4.69) is 0 Å². The van der Waals surface area contributed by atoms with Crippen LogP contribution in [0.2, 0.25) is 0 Å². The standard InChI is InChI=1S/C11H19NO3/c1-2-15-11(14)10(12)8-5-3-4-6-9(13)7-8/h8,10H,2-7,12H2,1H3/t8-,10-/m0/s1. The summed E-state index contributed by atoms with van der Waals surface area (Å²) in [5, 5.41) is 0. The SMILES string of the molecule is CCOC(=O)[C@@H](N)[C@H]1CCCCC(=O)C1. The number of nitrogens with two attached hydrogens (primary N) is 1. The molecule has 1 aliphatic carbocycles. The van der Waals surface area contributed by atoms with E-state index in [9.17, 15) is 9.59 Å². The zero-order valence-electron chi connectivity index (χ0n) is 9.20. The van der Waals surface area contributed by atoms with E-state index in [1.807, 2.05) is 0 Å². The topological polar surface area (TPSA) is 69.4 Å². The van der Waals surface area contributed by atoms with E-state index in [4.69, 9.17) is 10.5 Å². The van der Waals surface area contributed by atoms with Crippen LogP contribution in [0.25, 0.3) is 0 Å². The molecule has 0 heterocycles. The van der Waals surface area contributed by atoms with Gasteiger partial charge in [0.25, 0.3) is 0 Å². The van der Waals surface area contributed by atoms with Crippen molar-refractivity contribution in [3.8, 4) is 0 Å². The number of carbonyl (C=O) groups excluding carboxylic acids is 2. The number of hydrogen-bond acceptors (Lipinski definition) is 4. The quantitative estimate of drug-likeness (QED) is 0.561. The fraction of sp³-hybridized carbons (Fsp3) is 0.818. The molecule has 15 heavy (non-hydrogen) atoms. The molecular formula is C11H19NO3. The Morgan fingerprint density at radius 2 is 2.33 bits per heavy atom. The van der Waals surface area contributed by atoms with Crippen LogP contribution in [-0.4, -0.2) is 24.4 Å². The molecule has 0 unspecified atom stereocenters. The molecule has 0 aromatic heterocycles. The van der Waals surface area contributed by atoms with Crippen molar-refractivity contribution in [2.75, 3.05) is 6.61 Å². The summed E-state index contributed by atoms with van der Waals surface area (Å²) in [5.74, 6) is -0.187. The minimum Gasteiger partial charge on any atom is -0.465 e. The molecule has 4 heteroatoms. The summed E-state index contributed by atoms with van der Waals surface area (Å²) in [6.45, 7) is 2.09. The van der Waals surface area contributed by atoms with Gasteiger partial charge in [0.15, 0.2) is 0 Å². The van der Waals surface area contributed by atoms with E-state index >= 15 is 0 Å². The van der Waals surface area contributed by atoms with E-state index in [1.165, 1.54) is 0 Å². The number of ketones is 1. The Kier molecular flexibility index (Phi) is 4.75. The molecule has 0 amide bonds. The van der Waals surface area contributed by atoms with Crippen molar-refractivity contribution in [3.05, 3.63) is 0 Å². The first-order valence-electron chi connectivity index (χ1n) is 5.59. The predicted molar refractivity (Wildman–Crippen MR) is 56.2 cm³/mol. The Hall–Kier alpha value is -0.900. The van der Waals surface area contributed by atoms with Gasteiger partial charge in [-0.2, -0.15) is 0 Å². The zero-order valence-corrected chi connectivity index (χ0v) is 9.20. The van der Waals surface area contributed by atoms with Gasteiger partial charge in [-0.3, -0.25) is 9.59 Å². The Labute approximate surface area is 90.2 Å². The molecule has 1 aliphatic rings. The number of rotatable bonds is 3. The van der Waals surface area contributed by atoms with Crippen LogP contribution in [0.5, 0.6) is 0 Å². The molecule has 1 saturated carbocycles. The molecule has 86 valence electrons. The molecule has 0 bridgehead atoms. The highest BCUT2D eigenvalue weighted by atomic mass is 16.5. The molecular weight excluding hydrogens is 194 g/mol. The number of esters is 1. The van der Waals surface area contributed by atoms with Crippen molar-refractivity contribution in [1.29, 1.82) is 0 Å². The third kappa shape index (κ3) is 3.63. The van der Waals surface area contributed by atoms with Crippen LogP contribution in [0.3, 0.4) is 0 Å². The van der Waals surface area contributed by atoms with Crippen LogP contribution >= 0.6 is 0 Å². The Morgan fingerprint density at radius 3 is 3.00 bits per heavy atom. The van der Waals surface area contributed by atoms with Crippen molar-refractivity contribution in [1.82, 2.24) is 0 Å². The van der Waals surface area contributed by atoms with E-state index in [-0.39, 0.29) is 17.7 Å². The average Bonchev–Trinajstić information content (AvgIpc) is 2.42. The van der Waals surface area contributed by atoms with Crippen LogP contribution < -0.4 is 5.73 Å². The lowest BCUT2D eigenvalue weighted by Crippen LogP contribution is -2.40. The molecule has 0 radical (unpaired) electrons. The van der Waals surface area contributed by atoms with Crippen LogP contribution in [0.4, 0.5) is 0 Å². The molecule has 0 aliphatic heterocycles. The van der Waals surface area contributed by atoms with Crippen molar-refractivity contribution in [3.63, 3.8) is 0 Å². The van der Waals surface area contributed by atoms with Gasteiger partial charge in [-0.15, -0.1) is 0 Å². The molecule has 0 aromatic carbocycles. The fourth-order valence-electron chi connectivity index (χ4n) is 1.96. The summed E-state index contributed by atoms with van der Waals surface area (Å²) >= 11 is 0. The lowest BCUT2D eigenvalue weighted by atomic mass is 9.92. The Bertz CT molecular complexity index is 240. The fourth-order valence-corrected chi connectivity index (χ4v) is 1.96. The minimum absolute atomic E-state index is 0.0287. The number of carbonyl (C=O) groups is 2. The molecule has 1 fully saturated rings. The Morgan fingerprint density at radius 1 is 1.60 bits per heavy atom. The summed E-state index contributed by atoms with van der Waals surface area (Å²) in [6, 6.07) is -0.632. The van der Waals surface area contributed by atoms with E-state index < -0.39 is 6.04 Å². The highest BCUT2D eigenvalue weighted by Crippen LogP contribution is 2.23. The van der Waals surface area contributed by atoms with E-state index in [1.54, 1.807) is 6.92 Å². The first-order chi connectivity index (χ1) is 7.15. The summed E-state index contributed by atoms with van der Waals surface area (Å²) in [7, 11) is 0. The van der Waals surface area contributed by atoms with Gasteiger partial charge < -0.3 is 10.5 Å². The Balaban J connectivity index is 2.52. The summed E-state index contributed by atoms with van der Waals surface area (Å²) in [5.41, 5.74) is 5.78. The normalized spacial score (nSPS) is 24.4. The van der Waals surface area contributed by atoms with Crippen LogP contribution in [0.15, 0.2) is 0 Å². The summed E-state index contributed by atoms with van der Waals surface area (Å²) in [4.78, 5) is 22.8. The van der Waals surface area contributed by atoms with E-state index in [0.29, 0.717) is 19.4 Å².